The molecule has 1 atom stereocenters. The second kappa shape index (κ2) is 6.18. The van der Waals surface area contributed by atoms with Crippen molar-refractivity contribution in [2.75, 3.05) is 6.61 Å². The largest absolute Gasteiger partial charge is 0.487 e. The molecule has 0 fully saturated rings. The minimum atomic E-state index is -0.700. The van der Waals surface area contributed by atoms with Crippen molar-refractivity contribution in [1.29, 1.82) is 0 Å². The van der Waals surface area contributed by atoms with Crippen LogP contribution in [0.25, 0.3) is 0 Å². The van der Waals surface area contributed by atoms with Gasteiger partial charge in [0.15, 0.2) is 10.9 Å². The van der Waals surface area contributed by atoms with Crippen LogP contribution in [0.2, 0.25) is 5.15 Å². The smallest absolute Gasteiger partial charge is 0.171 e. The zero-order valence-corrected chi connectivity index (χ0v) is 11.7. The molecule has 0 aliphatic heterocycles. The molecule has 0 saturated carbocycles. The fourth-order valence-electron chi connectivity index (χ4n) is 1.43. The van der Waals surface area contributed by atoms with Crippen LogP contribution >= 0.6 is 27.5 Å². The minimum absolute atomic E-state index is 0.132. The Morgan fingerprint density at radius 3 is 2.67 bits per heavy atom. The van der Waals surface area contributed by atoms with Gasteiger partial charge in [-0.1, -0.05) is 39.7 Å². The number of nitrogens with zero attached hydrogens (tertiary/aromatic N) is 1. The van der Waals surface area contributed by atoms with Gasteiger partial charge in [-0.15, -0.1) is 0 Å². The zero-order valence-electron chi connectivity index (χ0n) is 9.38. The molecule has 0 unspecified atom stereocenters. The molecule has 0 saturated heterocycles. The van der Waals surface area contributed by atoms with Crippen molar-refractivity contribution >= 4 is 27.5 Å². The van der Waals surface area contributed by atoms with Crippen LogP contribution in [0, 0.1) is 0 Å². The monoisotopic (exact) mass is 327 g/mol. The van der Waals surface area contributed by atoms with Gasteiger partial charge in [-0.2, -0.15) is 0 Å². The maximum Gasteiger partial charge on any atom is 0.171 e. The Kier molecular flexibility index (Phi) is 4.58. The number of hydrogen-bond donors (Lipinski definition) is 1. The Bertz CT molecular complexity index is 519. The van der Waals surface area contributed by atoms with Crippen LogP contribution in [0.4, 0.5) is 0 Å². The molecule has 5 heteroatoms. The molecular formula is C13H11BrClNO2. The molecule has 18 heavy (non-hydrogen) atoms. The number of hydrogen-bond acceptors (Lipinski definition) is 3. The SMILES string of the molecule is O[C@H](COc1cccnc1Cl)c1ccc(Br)cc1. The summed E-state index contributed by atoms with van der Waals surface area (Å²) < 4.78 is 6.39. The molecule has 1 heterocycles. The lowest BCUT2D eigenvalue weighted by Gasteiger charge is -2.13. The van der Waals surface area contributed by atoms with Crippen molar-refractivity contribution < 1.29 is 9.84 Å². The molecule has 94 valence electrons. The van der Waals surface area contributed by atoms with E-state index in [1.165, 1.54) is 0 Å². The van der Waals surface area contributed by atoms with Gasteiger partial charge in [-0.05, 0) is 29.8 Å². The molecule has 1 aromatic carbocycles. The molecule has 2 rings (SSSR count). The van der Waals surface area contributed by atoms with Gasteiger partial charge in [0.25, 0.3) is 0 Å². The van der Waals surface area contributed by atoms with Crippen molar-refractivity contribution in [1.82, 2.24) is 4.98 Å². The quantitative estimate of drug-likeness (QED) is 0.872. The van der Waals surface area contributed by atoms with Gasteiger partial charge in [-0.3, -0.25) is 0 Å². The van der Waals surface area contributed by atoms with Crippen LogP contribution < -0.4 is 4.74 Å². The third-order valence-corrected chi connectivity index (χ3v) is 3.19. The van der Waals surface area contributed by atoms with Crippen molar-refractivity contribution in [3.05, 3.63) is 57.8 Å². The van der Waals surface area contributed by atoms with E-state index in [2.05, 4.69) is 20.9 Å². The van der Waals surface area contributed by atoms with Crippen LogP contribution in [0.3, 0.4) is 0 Å². The zero-order chi connectivity index (χ0) is 13.0. The summed E-state index contributed by atoms with van der Waals surface area (Å²) in [6.07, 6.45) is 0.884. The molecule has 0 aliphatic rings. The van der Waals surface area contributed by atoms with Gasteiger partial charge >= 0.3 is 0 Å². The number of aliphatic hydroxyl groups excluding tert-OH is 1. The average Bonchev–Trinajstić information content (AvgIpc) is 2.38. The molecule has 0 spiro atoms. The number of aromatic nitrogens is 1. The minimum Gasteiger partial charge on any atom is -0.487 e. The predicted molar refractivity (Wildman–Crippen MR) is 73.8 cm³/mol. The summed E-state index contributed by atoms with van der Waals surface area (Å²) in [5.74, 6) is 0.468. The molecule has 0 radical (unpaired) electrons. The van der Waals surface area contributed by atoms with Crippen LogP contribution in [-0.4, -0.2) is 16.7 Å². The number of pyridine rings is 1. The summed E-state index contributed by atoms with van der Waals surface area (Å²) in [6, 6.07) is 10.9. The summed E-state index contributed by atoms with van der Waals surface area (Å²) in [5.41, 5.74) is 0.790. The van der Waals surface area contributed by atoms with Crippen LogP contribution in [0.5, 0.6) is 5.75 Å². The van der Waals surface area contributed by atoms with Gasteiger partial charge < -0.3 is 9.84 Å². The molecule has 1 N–H and O–H groups in total. The first-order chi connectivity index (χ1) is 8.66. The second-order valence-corrected chi connectivity index (χ2v) is 4.94. The first kappa shape index (κ1) is 13.3. The molecule has 3 nitrogen and oxygen atoms in total. The summed E-state index contributed by atoms with van der Waals surface area (Å²) in [6.45, 7) is 0.132. The van der Waals surface area contributed by atoms with E-state index in [-0.39, 0.29) is 6.61 Å². The first-order valence-electron chi connectivity index (χ1n) is 5.33. The lowest BCUT2D eigenvalue weighted by molar-refractivity contribution is 0.108. The van der Waals surface area contributed by atoms with Crippen molar-refractivity contribution in [3.63, 3.8) is 0 Å². The third-order valence-electron chi connectivity index (χ3n) is 2.38. The van der Waals surface area contributed by atoms with E-state index in [9.17, 15) is 5.11 Å². The predicted octanol–water partition coefficient (Wildman–Crippen LogP) is 3.61. The summed E-state index contributed by atoms with van der Waals surface area (Å²) >= 11 is 9.19. The lowest BCUT2D eigenvalue weighted by Crippen LogP contribution is -2.09. The Balaban J connectivity index is 1.98. The highest BCUT2D eigenvalue weighted by Gasteiger charge is 2.09. The number of halogens is 2. The number of rotatable bonds is 4. The maximum atomic E-state index is 9.96. The first-order valence-corrected chi connectivity index (χ1v) is 6.51. The van der Waals surface area contributed by atoms with E-state index >= 15 is 0 Å². The number of benzene rings is 1. The fourth-order valence-corrected chi connectivity index (χ4v) is 1.87. The molecule has 2 aromatic rings. The lowest BCUT2D eigenvalue weighted by atomic mass is 10.1. The highest BCUT2D eigenvalue weighted by molar-refractivity contribution is 9.10. The van der Waals surface area contributed by atoms with Crippen LogP contribution in [0.1, 0.15) is 11.7 Å². The number of aliphatic hydroxyl groups is 1. The second-order valence-electron chi connectivity index (χ2n) is 3.67. The Hall–Kier alpha value is -1.10. The standard InChI is InChI=1S/C13H11BrClNO2/c14-10-5-3-9(4-6-10)11(17)8-18-12-2-1-7-16-13(12)15/h1-7,11,17H,8H2/t11-/m1/s1. The topological polar surface area (TPSA) is 42.4 Å². The van der Waals surface area contributed by atoms with E-state index in [4.69, 9.17) is 16.3 Å². The Morgan fingerprint density at radius 1 is 1.28 bits per heavy atom. The molecule has 0 amide bonds. The highest BCUT2D eigenvalue weighted by atomic mass is 79.9. The van der Waals surface area contributed by atoms with E-state index in [0.29, 0.717) is 10.9 Å². The van der Waals surface area contributed by atoms with Gasteiger partial charge in [0.05, 0.1) is 0 Å². The van der Waals surface area contributed by atoms with E-state index in [1.807, 2.05) is 24.3 Å². The molecular weight excluding hydrogens is 318 g/mol. The molecule has 0 bridgehead atoms. The normalized spacial score (nSPS) is 12.2. The van der Waals surface area contributed by atoms with Gasteiger partial charge in [0.1, 0.15) is 12.7 Å². The van der Waals surface area contributed by atoms with Crippen molar-refractivity contribution in [2.24, 2.45) is 0 Å². The number of ether oxygens (including phenoxy) is 1. The van der Waals surface area contributed by atoms with Gasteiger partial charge in [0, 0.05) is 10.7 Å². The Labute approximate surface area is 119 Å². The van der Waals surface area contributed by atoms with Gasteiger partial charge in [-0.25, -0.2) is 4.98 Å². The van der Waals surface area contributed by atoms with Crippen LogP contribution in [0.15, 0.2) is 47.1 Å². The van der Waals surface area contributed by atoms with Crippen LogP contribution in [-0.2, 0) is 0 Å². The maximum absolute atomic E-state index is 9.96. The third kappa shape index (κ3) is 3.45. The van der Waals surface area contributed by atoms with E-state index in [1.54, 1.807) is 18.3 Å². The van der Waals surface area contributed by atoms with Crippen molar-refractivity contribution in [2.45, 2.75) is 6.10 Å². The summed E-state index contributed by atoms with van der Waals surface area (Å²) in [5, 5.41) is 10.3. The average molecular weight is 329 g/mol. The highest BCUT2D eigenvalue weighted by Crippen LogP contribution is 2.23. The molecule has 1 aromatic heterocycles. The van der Waals surface area contributed by atoms with E-state index in [0.717, 1.165) is 10.0 Å². The summed E-state index contributed by atoms with van der Waals surface area (Å²) in [4.78, 5) is 3.89. The summed E-state index contributed by atoms with van der Waals surface area (Å²) in [7, 11) is 0. The molecule has 0 aliphatic carbocycles. The van der Waals surface area contributed by atoms with Gasteiger partial charge in [0.2, 0.25) is 0 Å². The van der Waals surface area contributed by atoms with Crippen molar-refractivity contribution in [3.8, 4) is 5.75 Å². The fraction of sp³-hybridized carbons (Fsp3) is 0.154. The van der Waals surface area contributed by atoms with E-state index < -0.39 is 6.10 Å². The Morgan fingerprint density at radius 2 is 2.00 bits per heavy atom.